The first-order valence-corrected chi connectivity index (χ1v) is 10.7. The van der Waals surface area contributed by atoms with Crippen molar-refractivity contribution in [3.05, 3.63) is 66.0 Å². The summed E-state index contributed by atoms with van der Waals surface area (Å²) in [5, 5.41) is 2.87. The third kappa shape index (κ3) is 3.67. The lowest BCUT2D eigenvalue weighted by atomic mass is 9.93. The van der Waals surface area contributed by atoms with E-state index >= 15 is 0 Å². The fraction of sp³-hybridized carbons (Fsp3) is 0.286. The lowest BCUT2D eigenvalue weighted by Gasteiger charge is -2.18. The SMILES string of the molecule is Cc1ccc(NC(=O)[C@H]2C[C@@H]3C=C[C@@H]2C3)cc1S(=O)(=O)Nc1ccc(F)cc1. The predicted molar refractivity (Wildman–Crippen MR) is 106 cm³/mol. The maximum Gasteiger partial charge on any atom is 0.262 e. The molecule has 0 saturated heterocycles. The van der Waals surface area contributed by atoms with E-state index < -0.39 is 15.8 Å². The Labute approximate surface area is 163 Å². The number of sulfonamides is 1. The van der Waals surface area contributed by atoms with E-state index in [1.807, 2.05) is 0 Å². The van der Waals surface area contributed by atoms with Gasteiger partial charge in [-0.15, -0.1) is 0 Å². The van der Waals surface area contributed by atoms with Crippen molar-refractivity contribution in [2.24, 2.45) is 17.8 Å². The van der Waals surface area contributed by atoms with Crippen LogP contribution in [0.2, 0.25) is 0 Å². The van der Waals surface area contributed by atoms with E-state index in [1.54, 1.807) is 19.1 Å². The molecular formula is C21H21FN2O3S. The highest BCUT2D eigenvalue weighted by Gasteiger charge is 2.39. The topological polar surface area (TPSA) is 75.3 Å². The Morgan fingerprint density at radius 1 is 1.04 bits per heavy atom. The number of benzene rings is 2. The molecule has 2 aliphatic carbocycles. The first kappa shape index (κ1) is 18.7. The average Bonchev–Trinajstić information content (AvgIpc) is 3.28. The van der Waals surface area contributed by atoms with Gasteiger partial charge in [-0.2, -0.15) is 0 Å². The number of anilines is 2. The number of halogens is 1. The lowest BCUT2D eigenvalue weighted by molar-refractivity contribution is -0.120. The van der Waals surface area contributed by atoms with E-state index in [0.29, 0.717) is 17.2 Å². The largest absolute Gasteiger partial charge is 0.326 e. The molecular weight excluding hydrogens is 379 g/mol. The van der Waals surface area contributed by atoms with Gasteiger partial charge in [-0.3, -0.25) is 9.52 Å². The van der Waals surface area contributed by atoms with Crippen LogP contribution < -0.4 is 10.0 Å². The Kier molecular flexibility index (Phi) is 4.71. The molecule has 146 valence electrons. The molecule has 5 nitrogen and oxygen atoms in total. The van der Waals surface area contributed by atoms with Crippen LogP contribution in [0.3, 0.4) is 0 Å². The van der Waals surface area contributed by atoms with Crippen molar-refractivity contribution in [3.8, 4) is 0 Å². The fourth-order valence-corrected chi connectivity index (χ4v) is 5.34. The molecule has 2 aromatic carbocycles. The summed E-state index contributed by atoms with van der Waals surface area (Å²) in [6.45, 7) is 1.69. The summed E-state index contributed by atoms with van der Waals surface area (Å²) in [5.74, 6) is 0.178. The molecule has 2 aliphatic rings. The van der Waals surface area contributed by atoms with Crippen LogP contribution >= 0.6 is 0 Å². The second-order valence-electron chi connectivity index (χ2n) is 7.47. The summed E-state index contributed by atoms with van der Waals surface area (Å²) in [5.41, 5.74) is 1.27. The number of aryl methyl sites for hydroxylation is 1. The molecule has 0 spiro atoms. The molecule has 2 aromatic rings. The number of hydrogen-bond acceptors (Lipinski definition) is 3. The van der Waals surface area contributed by atoms with E-state index in [9.17, 15) is 17.6 Å². The Hall–Kier alpha value is -2.67. The van der Waals surface area contributed by atoms with Crippen LogP contribution in [-0.4, -0.2) is 14.3 Å². The van der Waals surface area contributed by atoms with Crippen LogP contribution in [0.1, 0.15) is 18.4 Å². The van der Waals surface area contributed by atoms with Crippen molar-refractivity contribution in [1.82, 2.24) is 0 Å². The minimum atomic E-state index is -3.88. The van der Waals surface area contributed by atoms with Gasteiger partial charge in [0.25, 0.3) is 10.0 Å². The highest BCUT2D eigenvalue weighted by atomic mass is 32.2. The number of carbonyl (C=O) groups excluding carboxylic acids is 1. The quantitative estimate of drug-likeness (QED) is 0.743. The third-order valence-corrected chi connectivity index (χ3v) is 6.98. The smallest absolute Gasteiger partial charge is 0.262 e. The Morgan fingerprint density at radius 2 is 1.75 bits per heavy atom. The molecule has 1 amide bonds. The van der Waals surface area contributed by atoms with Gasteiger partial charge < -0.3 is 5.32 Å². The summed E-state index contributed by atoms with van der Waals surface area (Å²) in [6, 6.07) is 9.91. The normalized spacial score (nSPS) is 23.0. The first-order chi connectivity index (χ1) is 13.3. The van der Waals surface area contributed by atoms with Crippen molar-refractivity contribution in [3.63, 3.8) is 0 Å². The molecule has 0 aliphatic heterocycles. The number of nitrogens with one attached hydrogen (secondary N) is 2. The van der Waals surface area contributed by atoms with E-state index in [-0.39, 0.29) is 28.3 Å². The molecule has 7 heteroatoms. The number of rotatable bonds is 5. The summed E-state index contributed by atoms with van der Waals surface area (Å²) in [7, 11) is -3.88. The Balaban J connectivity index is 1.54. The van der Waals surface area contributed by atoms with Crippen LogP contribution in [0.25, 0.3) is 0 Å². The third-order valence-electron chi connectivity index (χ3n) is 5.46. The standard InChI is InChI=1S/C21H21FN2O3S/c1-13-2-7-18(23-21(25)19-11-14-3-4-15(19)10-14)12-20(13)28(26,27)24-17-8-5-16(22)6-9-17/h2-9,12,14-15,19,24H,10-11H2,1H3,(H,23,25)/t14-,15-,19+/m1/s1. The van der Waals surface area contributed by atoms with Crippen molar-refractivity contribution < 1.29 is 17.6 Å². The number of allylic oxidation sites excluding steroid dienone is 2. The fourth-order valence-electron chi connectivity index (χ4n) is 4.01. The van der Waals surface area contributed by atoms with Gasteiger partial charge in [-0.05, 0) is 73.6 Å². The van der Waals surface area contributed by atoms with Gasteiger partial charge in [0, 0.05) is 17.3 Å². The van der Waals surface area contributed by atoms with Crippen LogP contribution in [0.15, 0.2) is 59.5 Å². The van der Waals surface area contributed by atoms with Crippen LogP contribution in [0.4, 0.5) is 15.8 Å². The Morgan fingerprint density at radius 3 is 2.39 bits per heavy atom. The molecule has 4 rings (SSSR count). The molecule has 28 heavy (non-hydrogen) atoms. The molecule has 2 N–H and O–H groups in total. The second-order valence-corrected chi connectivity index (χ2v) is 9.12. The van der Waals surface area contributed by atoms with E-state index in [4.69, 9.17) is 0 Å². The molecule has 1 fully saturated rings. The van der Waals surface area contributed by atoms with Crippen LogP contribution in [0, 0.1) is 30.5 Å². The van der Waals surface area contributed by atoms with Gasteiger partial charge in [-0.1, -0.05) is 18.2 Å². The first-order valence-electron chi connectivity index (χ1n) is 9.20. The zero-order chi connectivity index (χ0) is 19.9. The van der Waals surface area contributed by atoms with Gasteiger partial charge in [0.05, 0.1) is 4.90 Å². The van der Waals surface area contributed by atoms with Gasteiger partial charge in [0.1, 0.15) is 5.82 Å². The minimum absolute atomic E-state index is 0.0614. The van der Waals surface area contributed by atoms with E-state index in [1.165, 1.54) is 30.3 Å². The van der Waals surface area contributed by atoms with E-state index in [0.717, 1.165) is 12.8 Å². The highest BCUT2D eigenvalue weighted by molar-refractivity contribution is 7.92. The van der Waals surface area contributed by atoms with Crippen LogP contribution in [-0.2, 0) is 14.8 Å². The maximum atomic E-state index is 13.0. The summed E-state index contributed by atoms with van der Waals surface area (Å²) < 4.78 is 41.0. The summed E-state index contributed by atoms with van der Waals surface area (Å²) in [6.07, 6.45) is 6.14. The van der Waals surface area contributed by atoms with Crippen molar-refractivity contribution >= 4 is 27.3 Å². The second kappa shape index (κ2) is 7.05. The monoisotopic (exact) mass is 400 g/mol. The Bertz CT molecular complexity index is 1050. The summed E-state index contributed by atoms with van der Waals surface area (Å²) >= 11 is 0. The van der Waals surface area contributed by atoms with Crippen molar-refractivity contribution in [1.29, 1.82) is 0 Å². The molecule has 0 heterocycles. The number of fused-ring (bicyclic) bond motifs is 2. The minimum Gasteiger partial charge on any atom is -0.326 e. The lowest BCUT2D eigenvalue weighted by Crippen LogP contribution is -2.26. The van der Waals surface area contributed by atoms with Gasteiger partial charge in [-0.25, -0.2) is 12.8 Å². The van der Waals surface area contributed by atoms with E-state index in [2.05, 4.69) is 22.2 Å². The predicted octanol–water partition coefficient (Wildman–Crippen LogP) is 4.09. The average molecular weight is 400 g/mol. The molecule has 0 unspecified atom stereocenters. The maximum absolute atomic E-state index is 13.0. The van der Waals surface area contributed by atoms with Gasteiger partial charge in [0.2, 0.25) is 5.91 Å². The van der Waals surface area contributed by atoms with Crippen LogP contribution in [0.5, 0.6) is 0 Å². The molecule has 2 bridgehead atoms. The van der Waals surface area contributed by atoms with Gasteiger partial charge in [0.15, 0.2) is 0 Å². The molecule has 1 saturated carbocycles. The van der Waals surface area contributed by atoms with Gasteiger partial charge >= 0.3 is 0 Å². The van der Waals surface area contributed by atoms with Crippen molar-refractivity contribution in [2.75, 3.05) is 10.0 Å². The zero-order valence-electron chi connectivity index (χ0n) is 15.4. The summed E-state index contributed by atoms with van der Waals surface area (Å²) in [4.78, 5) is 12.7. The van der Waals surface area contributed by atoms with Crippen molar-refractivity contribution in [2.45, 2.75) is 24.7 Å². The number of amides is 1. The molecule has 3 atom stereocenters. The number of hydrogen-bond donors (Lipinski definition) is 2. The zero-order valence-corrected chi connectivity index (χ0v) is 16.2. The number of carbonyl (C=O) groups is 1. The molecule has 0 radical (unpaired) electrons. The molecule has 0 aromatic heterocycles. The highest BCUT2D eigenvalue weighted by Crippen LogP contribution is 2.43.